The van der Waals surface area contributed by atoms with E-state index < -0.39 is 12.1 Å². The van der Waals surface area contributed by atoms with E-state index in [9.17, 15) is 22.4 Å². The summed E-state index contributed by atoms with van der Waals surface area (Å²) in [4.78, 5) is 26.3. The van der Waals surface area contributed by atoms with Crippen molar-refractivity contribution < 1.29 is 32.3 Å². The highest BCUT2D eigenvalue weighted by Gasteiger charge is 2.38. The molecule has 3 aromatic rings. The maximum absolute atomic E-state index is 13.2. The summed E-state index contributed by atoms with van der Waals surface area (Å²) in [6.45, 7) is 5.62. The minimum atomic E-state index is -5.08. The first-order valence-corrected chi connectivity index (χ1v) is 13.0. The summed E-state index contributed by atoms with van der Waals surface area (Å²) in [5.41, 5.74) is 3.49. The van der Waals surface area contributed by atoms with Crippen molar-refractivity contribution in [2.24, 2.45) is 0 Å². The van der Waals surface area contributed by atoms with Crippen LogP contribution in [0.2, 0.25) is 10.0 Å². The number of carbonyl (C=O) groups excluding carboxylic acids is 1. The van der Waals surface area contributed by atoms with Crippen LogP contribution in [0.5, 0.6) is 0 Å². The van der Waals surface area contributed by atoms with Gasteiger partial charge in [-0.2, -0.15) is 13.2 Å². The summed E-state index contributed by atoms with van der Waals surface area (Å²) in [5, 5.41) is 10.8. The number of carboxylic acid groups (broad SMARTS) is 1. The van der Waals surface area contributed by atoms with E-state index >= 15 is 0 Å². The Balaban J connectivity index is 0.000000559. The van der Waals surface area contributed by atoms with Gasteiger partial charge in [-0.25, -0.2) is 9.18 Å². The lowest BCUT2D eigenvalue weighted by atomic mass is 10.1. The molecule has 1 heterocycles. The lowest BCUT2D eigenvalue weighted by Gasteiger charge is -2.22. The van der Waals surface area contributed by atoms with Crippen molar-refractivity contribution in [2.45, 2.75) is 25.7 Å². The van der Waals surface area contributed by atoms with Crippen molar-refractivity contribution in [1.82, 2.24) is 9.80 Å². The molecule has 0 unspecified atom stereocenters. The van der Waals surface area contributed by atoms with E-state index in [1.54, 1.807) is 18.2 Å². The second-order valence-electron chi connectivity index (χ2n) is 9.12. The first kappa shape index (κ1) is 31.3. The average molecular weight is 600 g/mol. The van der Waals surface area contributed by atoms with Gasteiger partial charge in [0.1, 0.15) is 5.82 Å². The van der Waals surface area contributed by atoms with E-state index in [0.717, 1.165) is 62.5 Å². The van der Waals surface area contributed by atoms with Gasteiger partial charge in [0.05, 0.1) is 10.0 Å². The molecule has 0 spiro atoms. The summed E-state index contributed by atoms with van der Waals surface area (Å²) in [6.07, 6.45) is -4.01. The highest BCUT2D eigenvalue weighted by Crippen LogP contribution is 2.23. The predicted octanol–water partition coefficient (Wildman–Crippen LogP) is 6.73. The van der Waals surface area contributed by atoms with Crippen LogP contribution in [-0.2, 0) is 17.9 Å². The summed E-state index contributed by atoms with van der Waals surface area (Å²) in [7, 11) is 0. The summed E-state index contributed by atoms with van der Waals surface area (Å²) >= 11 is 12.0. The van der Waals surface area contributed by atoms with Gasteiger partial charge >= 0.3 is 12.1 Å². The molecule has 1 aliphatic heterocycles. The molecule has 4 rings (SSSR count). The number of hydrogen-bond acceptors (Lipinski definition) is 4. The topological polar surface area (TPSA) is 72.9 Å². The Morgan fingerprint density at radius 1 is 0.825 bits per heavy atom. The molecule has 3 aromatic carbocycles. The fourth-order valence-electron chi connectivity index (χ4n) is 4.03. The Morgan fingerprint density at radius 3 is 2.00 bits per heavy atom. The normalized spacial score (nSPS) is 14.6. The van der Waals surface area contributed by atoms with Crippen LogP contribution in [0.1, 0.15) is 27.9 Å². The minimum Gasteiger partial charge on any atom is -0.475 e. The van der Waals surface area contributed by atoms with Gasteiger partial charge in [-0.15, -0.1) is 0 Å². The summed E-state index contributed by atoms with van der Waals surface area (Å²) < 4.78 is 44.9. The van der Waals surface area contributed by atoms with Crippen molar-refractivity contribution in [1.29, 1.82) is 0 Å². The van der Waals surface area contributed by atoms with E-state index in [2.05, 4.69) is 21.2 Å². The molecule has 12 heteroatoms. The number of nitrogens with zero attached hydrogens (tertiary/aromatic N) is 2. The number of halogens is 6. The van der Waals surface area contributed by atoms with Gasteiger partial charge in [0.15, 0.2) is 0 Å². The van der Waals surface area contributed by atoms with Gasteiger partial charge in [0, 0.05) is 37.4 Å². The van der Waals surface area contributed by atoms with Gasteiger partial charge in [-0.1, -0.05) is 47.5 Å². The van der Waals surface area contributed by atoms with Gasteiger partial charge in [0.2, 0.25) is 0 Å². The van der Waals surface area contributed by atoms with Gasteiger partial charge in [-0.3, -0.25) is 14.6 Å². The SMILES string of the molecule is O=C(Nc1cccc(CN2CCCN(Cc3ccc(F)cc3)CC2)c1)c1ccc(Cl)c(Cl)c1.O=C(O)C(F)(F)F. The number of anilines is 1. The molecule has 0 aliphatic carbocycles. The fraction of sp³-hybridized carbons (Fsp3) is 0.286. The predicted molar refractivity (Wildman–Crippen MR) is 146 cm³/mol. The van der Waals surface area contributed by atoms with E-state index in [-0.39, 0.29) is 11.7 Å². The second kappa shape index (κ2) is 14.5. The molecular weight excluding hydrogens is 573 g/mol. The highest BCUT2D eigenvalue weighted by molar-refractivity contribution is 6.42. The number of carbonyl (C=O) groups is 2. The summed E-state index contributed by atoms with van der Waals surface area (Å²) in [6, 6.07) is 19.5. The van der Waals surface area contributed by atoms with E-state index in [1.807, 2.05) is 30.3 Å². The second-order valence-corrected chi connectivity index (χ2v) is 9.93. The molecule has 0 radical (unpaired) electrons. The molecule has 1 aliphatic rings. The van der Waals surface area contributed by atoms with Crippen LogP contribution >= 0.6 is 23.2 Å². The number of carboxylic acids is 1. The molecule has 40 heavy (non-hydrogen) atoms. The van der Waals surface area contributed by atoms with Crippen LogP contribution in [0.3, 0.4) is 0 Å². The van der Waals surface area contributed by atoms with Gasteiger partial charge in [0.25, 0.3) is 5.91 Å². The van der Waals surface area contributed by atoms with Crippen molar-refractivity contribution in [3.8, 4) is 0 Å². The van der Waals surface area contributed by atoms with Crippen LogP contribution in [0.25, 0.3) is 0 Å². The largest absolute Gasteiger partial charge is 0.490 e. The van der Waals surface area contributed by atoms with E-state index in [1.165, 1.54) is 12.1 Å². The smallest absolute Gasteiger partial charge is 0.475 e. The average Bonchev–Trinajstić information content (AvgIpc) is 3.12. The third-order valence-corrected chi connectivity index (χ3v) is 6.75. The van der Waals surface area contributed by atoms with Crippen LogP contribution in [-0.4, -0.2) is 59.1 Å². The van der Waals surface area contributed by atoms with Crippen LogP contribution in [0, 0.1) is 5.82 Å². The Bertz CT molecular complexity index is 1310. The molecule has 6 nitrogen and oxygen atoms in total. The third kappa shape index (κ3) is 10.1. The Labute approximate surface area is 239 Å². The lowest BCUT2D eigenvalue weighted by molar-refractivity contribution is -0.192. The highest BCUT2D eigenvalue weighted by atomic mass is 35.5. The molecule has 0 aromatic heterocycles. The van der Waals surface area contributed by atoms with Crippen molar-refractivity contribution in [3.63, 3.8) is 0 Å². The fourth-order valence-corrected chi connectivity index (χ4v) is 4.33. The number of hydrogen-bond donors (Lipinski definition) is 2. The molecule has 2 N–H and O–H groups in total. The molecule has 1 saturated heterocycles. The molecule has 0 saturated carbocycles. The molecule has 0 bridgehead atoms. The Morgan fingerprint density at radius 2 is 1.43 bits per heavy atom. The number of amides is 1. The van der Waals surface area contributed by atoms with Crippen molar-refractivity contribution in [2.75, 3.05) is 31.5 Å². The van der Waals surface area contributed by atoms with Gasteiger partial charge in [-0.05, 0) is 73.1 Å². The zero-order valence-electron chi connectivity index (χ0n) is 21.2. The zero-order chi connectivity index (χ0) is 29.3. The number of nitrogens with one attached hydrogen (secondary N) is 1. The molecular formula is C28H27Cl2F4N3O3. The molecule has 0 atom stereocenters. The number of benzene rings is 3. The minimum absolute atomic E-state index is 0.198. The standard InChI is InChI=1S/C26H26Cl2FN3O.C2HF3O2/c27-24-10-7-21(16-25(24)28)26(33)30-23-4-1-3-20(15-23)18-32-12-2-11-31(13-14-32)17-19-5-8-22(29)9-6-19;3-2(4,5)1(6)7/h1,3-10,15-16H,2,11-14,17-18H2,(H,30,33);(H,6,7). The Kier molecular flexibility index (Phi) is 11.3. The quantitative estimate of drug-likeness (QED) is 0.307. The van der Waals surface area contributed by atoms with Crippen LogP contribution < -0.4 is 5.32 Å². The number of alkyl halides is 3. The maximum atomic E-state index is 13.2. The van der Waals surface area contributed by atoms with E-state index in [0.29, 0.717) is 15.6 Å². The van der Waals surface area contributed by atoms with Crippen molar-refractivity contribution >= 4 is 40.8 Å². The van der Waals surface area contributed by atoms with Crippen LogP contribution in [0.15, 0.2) is 66.7 Å². The van der Waals surface area contributed by atoms with Gasteiger partial charge < -0.3 is 10.4 Å². The molecule has 1 fully saturated rings. The van der Waals surface area contributed by atoms with Crippen LogP contribution in [0.4, 0.5) is 23.2 Å². The van der Waals surface area contributed by atoms with E-state index in [4.69, 9.17) is 33.1 Å². The van der Waals surface area contributed by atoms with Crippen molar-refractivity contribution in [3.05, 3.63) is 99.3 Å². The summed E-state index contributed by atoms with van der Waals surface area (Å²) in [5.74, 6) is -3.18. The first-order valence-electron chi connectivity index (χ1n) is 12.3. The zero-order valence-corrected chi connectivity index (χ0v) is 22.7. The lowest BCUT2D eigenvalue weighted by Crippen LogP contribution is -2.30. The third-order valence-electron chi connectivity index (χ3n) is 6.02. The number of aliphatic carboxylic acids is 1. The monoisotopic (exact) mass is 599 g/mol. The number of rotatable bonds is 6. The molecule has 214 valence electrons. The maximum Gasteiger partial charge on any atom is 0.490 e. The Hall–Kier alpha value is -3.18. The molecule has 1 amide bonds. The first-order chi connectivity index (χ1) is 18.9.